The van der Waals surface area contributed by atoms with E-state index in [2.05, 4.69) is 16.2 Å². The van der Waals surface area contributed by atoms with E-state index in [1.807, 2.05) is 0 Å². The number of nitrogens with one attached hydrogen (secondary N) is 3. The predicted octanol–water partition coefficient (Wildman–Crippen LogP) is 3.37. The van der Waals surface area contributed by atoms with Gasteiger partial charge in [0.15, 0.2) is 0 Å². The molecule has 0 aromatic heterocycles. The van der Waals surface area contributed by atoms with Gasteiger partial charge < -0.3 is 4.74 Å². The molecule has 0 radical (unpaired) electrons. The molecule has 1 aromatic carbocycles. The maximum atomic E-state index is 12.2. The van der Waals surface area contributed by atoms with Crippen LogP contribution in [0, 0.1) is 5.92 Å². The Morgan fingerprint density at radius 1 is 1.04 bits per heavy atom. The Kier molecular flexibility index (Phi) is 6.60. The van der Waals surface area contributed by atoms with Crippen LogP contribution in [0.1, 0.15) is 63.2 Å². The Hall–Kier alpha value is -2.57. The minimum Gasteiger partial charge on any atom is -0.444 e. The van der Waals surface area contributed by atoms with Crippen LogP contribution in [0.2, 0.25) is 0 Å². The molecular formula is C19H27N3O4. The van der Waals surface area contributed by atoms with Gasteiger partial charge in [0.2, 0.25) is 5.91 Å². The summed E-state index contributed by atoms with van der Waals surface area (Å²) >= 11 is 0. The first-order valence-corrected chi connectivity index (χ1v) is 8.95. The quantitative estimate of drug-likeness (QED) is 0.719. The number of hydrazine groups is 1. The Labute approximate surface area is 153 Å². The van der Waals surface area contributed by atoms with Crippen molar-refractivity contribution in [2.45, 2.75) is 58.5 Å². The summed E-state index contributed by atoms with van der Waals surface area (Å²) in [5, 5.41) is 2.58. The molecule has 1 aliphatic carbocycles. The highest BCUT2D eigenvalue weighted by Gasteiger charge is 2.21. The van der Waals surface area contributed by atoms with E-state index in [9.17, 15) is 14.4 Å². The summed E-state index contributed by atoms with van der Waals surface area (Å²) in [6, 6.07) is 6.42. The lowest BCUT2D eigenvalue weighted by atomic mass is 9.89. The Morgan fingerprint density at radius 2 is 1.73 bits per heavy atom. The van der Waals surface area contributed by atoms with Crippen molar-refractivity contribution in [3.8, 4) is 0 Å². The van der Waals surface area contributed by atoms with E-state index in [4.69, 9.17) is 4.74 Å². The van der Waals surface area contributed by atoms with Crippen molar-refractivity contribution in [3.05, 3.63) is 29.8 Å². The van der Waals surface area contributed by atoms with E-state index in [0.717, 1.165) is 32.1 Å². The van der Waals surface area contributed by atoms with E-state index in [0.29, 0.717) is 11.3 Å². The molecule has 0 bridgehead atoms. The third-order valence-corrected chi connectivity index (χ3v) is 4.05. The third-order valence-electron chi connectivity index (χ3n) is 4.05. The Bertz CT molecular complexity index is 661. The molecule has 0 saturated heterocycles. The summed E-state index contributed by atoms with van der Waals surface area (Å²) in [4.78, 5) is 36.1. The van der Waals surface area contributed by atoms with Crippen LogP contribution in [0.4, 0.5) is 10.5 Å². The lowest BCUT2D eigenvalue weighted by Crippen LogP contribution is -2.44. The zero-order valence-corrected chi connectivity index (χ0v) is 15.6. The van der Waals surface area contributed by atoms with Gasteiger partial charge in [-0.25, -0.2) is 4.79 Å². The van der Waals surface area contributed by atoms with Gasteiger partial charge in [-0.3, -0.25) is 25.8 Å². The van der Waals surface area contributed by atoms with Crippen LogP contribution in [0.5, 0.6) is 0 Å². The van der Waals surface area contributed by atoms with Crippen molar-refractivity contribution in [1.29, 1.82) is 0 Å². The van der Waals surface area contributed by atoms with Gasteiger partial charge in [-0.1, -0.05) is 25.3 Å². The number of ether oxygens (including phenoxy) is 1. The lowest BCUT2D eigenvalue weighted by molar-refractivity contribution is -0.126. The maximum Gasteiger partial charge on any atom is 0.412 e. The Balaban J connectivity index is 1.88. The average molecular weight is 361 g/mol. The number of anilines is 1. The van der Waals surface area contributed by atoms with Crippen molar-refractivity contribution in [1.82, 2.24) is 10.9 Å². The van der Waals surface area contributed by atoms with E-state index < -0.39 is 17.6 Å². The smallest absolute Gasteiger partial charge is 0.412 e. The predicted molar refractivity (Wildman–Crippen MR) is 98.5 cm³/mol. The third kappa shape index (κ3) is 6.38. The highest BCUT2D eigenvalue weighted by molar-refractivity contribution is 5.97. The molecule has 0 spiro atoms. The maximum absolute atomic E-state index is 12.2. The van der Waals surface area contributed by atoms with Gasteiger partial charge >= 0.3 is 6.09 Å². The van der Waals surface area contributed by atoms with Gasteiger partial charge in [-0.05, 0) is 51.8 Å². The number of hydrogen-bond donors (Lipinski definition) is 3. The number of benzene rings is 1. The molecular weight excluding hydrogens is 334 g/mol. The standard InChI is InChI=1S/C19H27N3O4/c1-19(2,3)26-18(25)20-15-11-7-10-14(12-15)17(24)22-21-16(23)13-8-5-4-6-9-13/h7,10-13H,4-6,8-9H2,1-3H3,(H,20,25)(H,21,23)(H,22,24). The van der Waals surface area contributed by atoms with E-state index in [1.54, 1.807) is 39.0 Å². The molecule has 3 amide bonds. The monoisotopic (exact) mass is 361 g/mol. The SMILES string of the molecule is CC(C)(C)OC(=O)Nc1cccc(C(=O)NNC(=O)C2CCCCC2)c1. The van der Waals surface area contributed by atoms with Crippen LogP contribution in [-0.2, 0) is 9.53 Å². The molecule has 26 heavy (non-hydrogen) atoms. The number of hydrogen-bond acceptors (Lipinski definition) is 4. The molecule has 0 aliphatic heterocycles. The zero-order valence-electron chi connectivity index (χ0n) is 15.6. The molecule has 2 rings (SSSR count). The van der Waals surface area contributed by atoms with Crippen molar-refractivity contribution in [2.24, 2.45) is 5.92 Å². The summed E-state index contributed by atoms with van der Waals surface area (Å²) in [7, 11) is 0. The number of carbonyl (C=O) groups excluding carboxylic acids is 3. The fraction of sp³-hybridized carbons (Fsp3) is 0.526. The molecule has 7 nitrogen and oxygen atoms in total. The average Bonchev–Trinajstić information content (AvgIpc) is 2.58. The molecule has 1 aliphatic rings. The largest absolute Gasteiger partial charge is 0.444 e. The summed E-state index contributed by atoms with van der Waals surface area (Å²) in [5.74, 6) is -0.632. The van der Waals surface area contributed by atoms with Gasteiger partial charge in [-0.2, -0.15) is 0 Å². The fourth-order valence-electron chi connectivity index (χ4n) is 2.82. The molecule has 1 fully saturated rings. The van der Waals surface area contributed by atoms with Crippen LogP contribution >= 0.6 is 0 Å². The molecule has 1 saturated carbocycles. The van der Waals surface area contributed by atoms with Crippen LogP contribution in [-0.4, -0.2) is 23.5 Å². The number of rotatable bonds is 3. The first-order valence-electron chi connectivity index (χ1n) is 8.95. The van der Waals surface area contributed by atoms with Crippen LogP contribution in [0.15, 0.2) is 24.3 Å². The van der Waals surface area contributed by atoms with Gasteiger partial charge in [-0.15, -0.1) is 0 Å². The minimum atomic E-state index is -0.609. The Morgan fingerprint density at radius 3 is 2.38 bits per heavy atom. The van der Waals surface area contributed by atoms with Crippen molar-refractivity contribution in [3.63, 3.8) is 0 Å². The molecule has 7 heteroatoms. The van der Waals surface area contributed by atoms with E-state index >= 15 is 0 Å². The summed E-state index contributed by atoms with van der Waals surface area (Å²) in [6.07, 6.45) is 4.37. The van der Waals surface area contributed by atoms with Gasteiger partial charge in [0, 0.05) is 17.2 Å². The van der Waals surface area contributed by atoms with Gasteiger partial charge in [0.05, 0.1) is 0 Å². The zero-order chi connectivity index (χ0) is 19.2. The molecule has 142 valence electrons. The first-order chi connectivity index (χ1) is 12.2. The molecule has 0 unspecified atom stereocenters. The summed E-state index contributed by atoms with van der Waals surface area (Å²) in [6.45, 7) is 5.31. The van der Waals surface area contributed by atoms with E-state index in [-0.39, 0.29) is 11.8 Å². The molecule has 1 aromatic rings. The van der Waals surface area contributed by atoms with Crippen molar-refractivity contribution in [2.75, 3.05) is 5.32 Å². The highest BCUT2D eigenvalue weighted by atomic mass is 16.6. The van der Waals surface area contributed by atoms with Crippen LogP contribution < -0.4 is 16.2 Å². The van der Waals surface area contributed by atoms with Crippen LogP contribution in [0.25, 0.3) is 0 Å². The fourth-order valence-corrected chi connectivity index (χ4v) is 2.82. The first kappa shape index (κ1) is 19.8. The second kappa shape index (κ2) is 8.69. The van der Waals surface area contributed by atoms with Crippen molar-refractivity contribution >= 4 is 23.6 Å². The van der Waals surface area contributed by atoms with Crippen LogP contribution in [0.3, 0.4) is 0 Å². The highest BCUT2D eigenvalue weighted by Crippen LogP contribution is 2.23. The second-order valence-electron chi connectivity index (χ2n) is 7.49. The second-order valence-corrected chi connectivity index (χ2v) is 7.49. The summed E-state index contributed by atoms with van der Waals surface area (Å²) < 4.78 is 5.18. The molecule has 3 N–H and O–H groups in total. The molecule has 0 atom stereocenters. The number of carbonyl (C=O) groups is 3. The topological polar surface area (TPSA) is 96.5 Å². The van der Waals surface area contributed by atoms with E-state index in [1.165, 1.54) is 6.07 Å². The van der Waals surface area contributed by atoms with Gasteiger partial charge in [0.25, 0.3) is 5.91 Å². The van der Waals surface area contributed by atoms with Crippen molar-refractivity contribution < 1.29 is 19.1 Å². The minimum absolute atomic E-state index is 0.0378. The van der Waals surface area contributed by atoms with Gasteiger partial charge in [0.1, 0.15) is 5.60 Å². The lowest BCUT2D eigenvalue weighted by Gasteiger charge is -2.21. The normalized spacial score (nSPS) is 15.0. The molecule has 0 heterocycles. The number of amides is 3. The summed E-state index contributed by atoms with van der Waals surface area (Å²) in [5.41, 5.74) is 5.07.